The van der Waals surface area contributed by atoms with Crippen LogP contribution in [0.3, 0.4) is 0 Å². The van der Waals surface area contributed by atoms with E-state index in [0.29, 0.717) is 0 Å². The summed E-state index contributed by atoms with van der Waals surface area (Å²) in [5.74, 6) is 1.55. The molecule has 2 rings (SSSR count). The Morgan fingerprint density at radius 1 is 1.20 bits per heavy atom. The highest BCUT2D eigenvalue weighted by Crippen LogP contribution is 2.31. The van der Waals surface area contributed by atoms with Gasteiger partial charge in [-0.15, -0.1) is 0 Å². The van der Waals surface area contributed by atoms with E-state index in [9.17, 15) is 0 Å². The standard InChI is InChI=1S/C16H17BrClNO/c1-3-11-8-12(5-7-16(11)18)20-13-4-6-14(10(2)19)15(17)9-13/h4-10H,3,19H2,1-2H3. The Morgan fingerprint density at radius 3 is 2.45 bits per heavy atom. The third kappa shape index (κ3) is 3.54. The van der Waals surface area contributed by atoms with E-state index < -0.39 is 0 Å². The van der Waals surface area contributed by atoms with Gasteiger partial charge in [-0.1, -0.05) is 40.5 Å². The van der Waals surface area contributed by atoms with Gasteiger partial charge in [0.15, 0.2) is 0 Å². The van der Waals surface area contributed by atoms with E-state index >= 15 is 0 Å². The van der Waals surface area contributed by atoms with Crippen molar-refractivity contribution in [2.45, 2.75) is 26.3 Å². The first kappa shape index (κ1) is 15.4. The van der Waals surface area contributed by atoms with Gasteiger partial charge in [-0.2, -0.15) is 0 Å². The molecule has 2 nitrogen and oxygen atoms in total. The number of aryl methyl sites for hydroxylation is 1. The van der Waals surface area contributed by atoms with E-state index in [-0.39, 0.29) is 6.04 Å². The highest BCUT2D eigenvalue weighted by atomic mass is 79.9. The largest absolute Gasteiger partial charge is 0.457 e. The second-order valence-electron chi connectivity index (χ2n) is 4.68. The van der Waals surface area contributed by atoms with Crippen molar-refractivity contribution in [3.05, 3.63) is 57.0 Å². The van der Waals surface area contributed by atoms with Gasteiger partial charge in [0.2, 0.25) is 0 Å². The molecule has 0 saturated carbocycles. The summed E-state index contributed by atoms with van der Waals surface area (Å²) in [5.41, 5.74) is 8.02. The third-order valence-electron chi connectivity index (χ3n) is 3.10. The van der Waals surface area contributed by atoms with Gasteiger partial charge in [0.05, 0.1) is 0 Å². The molecule has 0 heterocycles. The first-order chi connectivity index (χ1) is 9.51. The molecule has 2 N–H and O–H groups in total. The topological polar surface area (TPSA) is 35.2 Å². The number of nitrogens with two attached hydrogens (primary N) is 1. The molecule has 2 aromatic carbocycles. The first-order valence-corrected chi connectivity index (χ1v) is 7.69. The molecule has 2 aromatic rings. The van der Waals surface area contributed by atoms with E-state index in [2.05, 4.69) is 22.9 Å². The maximum atomic E-state index is 6.10. The molecule has 0 fully saturated rings. The molecule has 20 heavy (non-hydrogen) atoms. The highest BCUT2D eigenvalue weighted by Gasteiger charge is 2.07. The summed E-state index contributed by atoms with van der Waals surface area (Å²) in [6.07, 6.45) is 0.878. The zero-order valence-electron chi connectivity index (χ0n) is 11.5. The lowest BCUT2D eigenvalue weighted by molar-refractivity contribution is 0.481. The fourth-order valence-corrected chi connectivity index (χ4v) is 2.93. The van der Waals surface area contributed by atoms with Crippen molar-refractivity contribution in [1.82, 2.24) is 0 Å². The van der Waals surface area contributed by atoms with Crippen LogP contribution in [0.25, 0.3) is 0 Å². The normalized spacial score (nSPS) is 12.2. The van der Waals surface area contributed by atoms with Crippen LogP contribution in [0.5, 0.6) is 11.5 Å². The Balaban J connectivity index is 2.24. The van der Waals surface area contributed by atoms with Crippen LogP contribution >= 0.6 is 27.5 Å². The second kappa shape index (κ2) is 6.61. The molecule has 0 aliphatic carbocycles. The molecule has 4 heteroatoms. The van der Waals surface area contributed by atoms with Crippen molar-refractivity contribution in [2.75, 3.05) is 0 Å². The smallest absolute Gasteiger partial charge is 0.128 e. The molecular weight excluding hydrogens is 338 g/mol. The van der Waals surface area contributed by atoms with E-state index in [4.69, 9.17) is 22.1 Å². The average molecular weight is 355 g/mol. The lowest BCUT2D eigenvalue weighted by atomic mass is 10.1. The van der Waals surface area contributed by atoms with E-state index in [0.717, 1.165) is 38.5 Å². The molecule has 0 spiro atoms. The minimum atomic E-state index is -0.0133. The third-order valence-corrected chi connectivity index (χ3v) is 4.15. The monoisotopic (exact) mass is 353 g/mol. The number of ether oxygens (including phenoxy) is 1. The van der Waals surface area contributed by atoms with Crippen LogP contribution in [0.15, 0.2) is 40.9 Å². The number of benzene rings is 2. The molecule has 1 unspecified atom stereocenters. The van der Waals surface area contributed by atoms with Crippen molar-refractivity contribution in [3.8, 4) is 11.5 Å². The predicted molar refractivity (Wildman–Crippen MR) is 87.6 cm³/mol. The molecule has 106 valence electrons. The van der Waals surface area contributed by atoms with Gasteiger partial charge in [-0.3, -0.25) is 0 Å². The van der Waals surface area contributed by atoms with Crippen LogP contribution in [0, 0.1) is 0 Å². The quantitative estimate of drug-likeness (QED) is 0.789. The van der Waals surface area contributed by atoms with E-state index in [1.54, 1.807) is 0 Å². The van der Waals surface area contributed by atoms with Crippen molar-refractivity contribution >= 4 is 27.5 Å². The lowest BCUT2D eigenvalue weighted by Gasteiger charge is -2.12. The predicted octanol–water partition coefficient (Wildman–Crippen LogP) is 5.48. The van der Waals surface area contributed by atoms with Gasteiger partial charge in [0.1, 0.15) is 11.5 Å². The van der Waals surface area contributed by atoms with Gasteiger partial charge in [0, 0.05) is 15.5 Å². The minimum absolute atomic E-state index is 0.0133. The average Bonchev–Trinajstić information content (AvgIpc) is 2.40. The minimum Gasteiger partial charge on any atom is -0.457 e. The Bertz CT molecular complexity index is 613. The van der Waals surface area contributed by atoms with Gasteiger partial charge in [0.25, 0.3) is 0 Å². The van der Waals surface area contributed by atoms with E-state index in [1.165, 1.54) is 0 Å². The van der Waals surface area contributed by atoms with Gasteiger partial charge < -0.3 is 10.5 Å². The van der Waals surface area contributed by atoms with E-state index in [1.807, 2.05) is 43.3 Å². The maximum absolute atomic E-state index is 6.10. The SMILES string of the molecule is CCc1cc(Oc2ccc(C(C)N)c(Br)c2)ccc1Cl. The van der Waals surface area contributed by atoms with Crippen LogP contribution in [0.1, 0.15) is 31.0 Å². The summed E-state index contributed by atoms with van der Waals surface area (Å²) in [4.78, 5) is 0. The maximum Gasteiger partial charge on any atom is 0.128 e. The molecule has 0 radical (unpaired) electrons. The molecule has 0 aliphatic heterocycles. The van der Waals surface area contributed by atoms with Crippen molar-refractivity contribution < 1.29 is 4.74 Å². The lowest BCUT2D eigenvalue weighted by Crippen LogP contribution is -2.05. The summed E-state index contributed by atoms with van der Waals surface area (Å²) < 4.78 is 6.82. The summed E-state index contributed by atoms with van der Waals surface area (Å²) in [6, 6.07) is 11.5. The van der Waals surface area contributed by atoms with Crippen LogP contribution in [0.4, 0.5) is 0 Å². The molecule has 0 bridgehead atoms. The Hall–Kier alpha value is -1.03. The van der Waals surface area contributed by atoms with Crippen molar-refractivity contribution in [3.63, 3.8) is 0 Å². The van der Waals surface area contributed by atoms with Crippen molar-refractivity contribution in [2.24, 2.45) is 5.73 Å². The molecule has 1 atom stereocenters. The second-order valence-corrected chi connectivity index (χ2v) is 5.94. The Morgan fingerprint density at radius 2 is 1.85 bits per heavy atom. The van der Waals surface area contributed by atoms with Crippen LogP contribution < -0.4 is 10.5 Å². The van der Waals surface area contributed by atoms with Crippen LogP contribution in [-0.2, 0) is 6.42 Å². The summed E-state index contributed by atoms with van der Waals surface area (Å²) in [6.45, 7) is 4.02. The fourth-order valence-electron chi connectivity index (χ4n) is 1.96. The number of rotatable bonds is 4. The zero-order valence-corrected chi connectivity index (χ0v) is 13.8. The van der Waals surface area contributed by atoms with Gasteiger partial charge in [-0.25, -0.2) is 0 Å². The number of halogens is 2. The summed E-state index contributed by atoms with van der Waals surface area (Å²) in [5, 5.41) is 0.772. The molecule has 0 aliphatic rings. The Kier molecular flexibility index (Phi) is 5.08. The first-order valence-electron chi connectivity index (χ1n) is 6.52. The van der Waals surface area contributed by atoms with Crippen molar-refractivity contribution in [1.29, 1.82) is 0 Å². The molecule has 0 saturated heterocycles. The number of hydrogen-bond donors (Lipinski definition) is 1. The zero-order chi connectivity index (χ0) is 14.7. The fraction of sp³-hybridized carbons (Fsp3) is 0.250. The molecule has 0 aromatic heterocycles. The van der Waals surface area contributed by atoms with Crippen LogP contribution in [0.2, 0.25) is 5.02 Å². The molecular formula is C16H17BrClNO. The highest BCUT2D eigenvalue weighted by molar-refractivity contribution is 9.10. The van der Waals surface area contributed by atoms with Gasteiger partial charge >= 0.3 is 0 Å². The van der Waals surface area contributed by atoms with Crippen LogP contribution in [-0.4, -0.2) is 0 Å². The molecule has 0 amide bonds. The summed E-state index contributed by atoms with van der Waals surface area (Å²) in [7, 11) is 0. The summed E-state index contributed by atoms with van der Waals surface area (Å²) >= 11 is 9.62. The van der Waals surface area contributed by atoms with Gasteiger partial charge in [-0.05, 0) is 54.8 Å². The number of hydrogen-bond acceptors (Lipinski definition) is 2. The Labute approximate surface area is 133 Å².